The third-order valence-electron chi connectivity index (χ3n) is 1.74. The van der Waals surface area contributed by atoms with Crippen LogP contribution in [0.2, 0.25) is 0 Å². The maximum Gasteiger partial charge on any atom is 0.0540 e. The van der Waals surface area contributed by atoms with Crippen molar-refractivity contribution in [3.8, 4) is 11.8 Å². The van der Waals surface area contributed by atoms with E-state index in [1.165, 1.54) is 6.42 Å². The normalized spacial score (nSPS) is 8.50. The van der Waals surface area contributed by atoms with Gasteiger partial charge in [0.1, 0.15) is 0 Å². The molecule has 1 nitrogen and oxygen atoms in total. The van der Waals surface area contributed by atoms with Crippen LogP contribution in [0.3, 0.4) is 0 Å². The van der Waals surface area contributed by atoms with E-state index in [9.17, 15) is 0 Å². The summed E-state index contributed by atoms with van der Waals surface area (Å²) in [5.41, 5.74) is 4.27. The molecule has 1 N–H and O–H groups in total. The first-order valence-corrected chi connectivity index (χ1v) is 5.38. The minimum absolute atomic E-state index is 0.144. The van der Waals surface area contributed by atoms with E-state index in [1.54, 1.807) is 0 Å². The van der Waals surface area contributed by atoms with Crippen molar-refractivity contribution in [1.29, 1.82) is 0 Å². The molecule has 0 saturated carbocycles. The molecule has 0 saturated heterocycles. The highest BCUT2D eigenvalue weighted by atomic mass is 16.2. The van der Waals surface area contributed by atoms with Gasteiger partial charge in [0.2, 0.25) is 0 Å². The predicted octanol–water partition coefficient (Wildman–Crippen LogP) is 3.05. The molecule has 14 heavy (non-hydrogen) atoms. The van der Waals surface area contributed by atoms with Gasteiger partial charge in [0.15, 0.2) is 0 Å². The molecule has 0 aliphatic carbocycles. The van der Waals surface area contributed by atoms with Gasteiger partial charge in [-0.25, -0.2) is 0 Å². The van der Waals surface area contributed by atoms with Crippen molar-refractivity contribution in [3.05, 3.63) is 17.4 Å². The summed E-state index contributed by atoms with van der Waals surface area (Å²) >= 11 is 0. The van der Waals surface area contributed by atoms with E-state index in [4.69, 9.17) is 5.11 Å². The highest BCUT2D eigenvalue weighted by Gasteiger charge is 1.89. The summed E-state index contributed by atoms with van der Waals surface area (Å²) in [5.74, 6) is 5.99. The van der Waals surface area contributed by atoms with Crippen molar-refractivity contribution >= 4 is 0 Å². The molecule has 0 rings (SSSR count). The van der Waals surface area contributed by atoms with Gasteiger partial charge in [-0.3, -0.25) is 0 Å². The first-order chi connectivity index (χ1) is 6.85. The molecule has 0 aromatic carbocycles. The van der Waals surface area contributed by atoms with E-state index in [-0.39, 0.29) is 6.61 Å². The summed E-state index contributed by atoms with van der Waals surface area (Å²) in [6.07, 6.45) is 6.91. The molecule has 0 aliphatic rings. The van der Waals surface area contributed by atoms with E-state index in [0.717, 1.165) is 24.8 Å². The zero-order valence-corrected chi connectivity index (χ0v) is 9.27. The van der Waals surface area contributed by atoms with Crippen LogP contribution in [0.4, 0.5) is 0 Å². The Morgan fingerprint density at radius 2 is 2.14 bits per heavy atom. The van der Waals surface area contributed by atoms with Crippen molar-refractivity contribution in [2.75, 3.05) is 6.61 Å². The number of unbranched alkanes of at least 4 members (excludes halogenated alkanes) is 1. The summed E-state index contributed by atoms with van der Waals surface area (Å²) in [6, 6.07) is 0. The van der Waals surface area contributed by atoms with Gasteiger partial charge in [0, 0.05) is 12.0 Å². The second-order valence-corrected chi connectivity index (χ2v) is 3.11. The minimum Gasteiger partial charge on any atom is -0.395 e. The molecule has 0 unspecified atom stereocenters. The number of rotatable bonds is 5. The first kappa shape index (κ1) is 13.0. The lowest BCUT2D eigenvalue weighted by atomic mass is 10.1. The van der Waals surface area contributed by atoms with Crippen molar-refractivity contribution in [3.63, 3.8) is 0 Å². The molecule has 0 amide bonds. The summed E-state index contributed by atoms with van der Waals surface area (Å²) in [5, 5.41) is 8.59. The smallest absolute Gasteiger partial charge is 0.0540 e. The third-order valence-corrected chi connectivity index (χ3v) is 1.74. The molecule has 0 aromatic heterocycles. The van der Waals surface area contributed by atoms with Crippen LogP contribution in [-0.4, -0.2) is 11.7 Å². The van der Waals surface area contributed by atoms with Crippen LogP contribution in [0, 0.1) is 11.8 Å². The zero-order valence-electron chi connectivity index (χ0n) is 9.27. The molecular formula is C13H20O. The van der Waals surface area contributed by atoms with Crippen LogP contribution in [0.1, 0.15) is 46.0 Å². The number of hydrogen-bond donors (Lipinski definition) is 1. The van der Waals surface area contributed by atoms with E-state index in [1.807, 2.05) is 6.08 Å². The van der Waals surface area contributed by atoms with E-state index >= 15 is 0 Å². The Bertz CT molecular complexity index is 246. The van der Waals surface area contributed by atoms with Crippen molar-refractivity contribution < 1.29 is 5.11 Å². The maximum absolute atomic E-state index is 8.59. The Morgan fingerprint density at radius 1 is 1.36 bits per heavy atom. The highest BCUT2D eigenvalue weighted by Crippen LogP contribution is 2.04. The fraction of sp³-hybridized carbons (Fsp3) is 0.615. The molecule has 0 fully saturated rings. The van der Waals surface area contributed by atoms with E-state index in [2.05, 4.69) is 31.4 Å². The van der Waals surface area contributed by atoms with Crippen molar-refractivity contribution in [2.24, 2.45) is 0 Å². The van der Waals surface area contributed by atoms with Gasteiger partial charge >= 0.3 is 0 Å². The molecule has 0 bridgehead atoms. The minimum atomic E-state index is 0.144. The van der Waals surface area contributed by atoms with Crippen LogP contribution < -0.4 is 0 Å². The van der Waals surface area contributed by atoms with E-state index < -0.39 is 0 Å². The van der Waals surface area contributed by atoms with Gasteiger partial charge in [-0.15, -0.1) is 5.73 Å². The maximum atomic E-state index is 8.59. The fourth-order valence-corrected chi connectivity index (χ4v) is 0.975. The van der Waals surface area contributed by atoms with Gasteiger partial charge in [0.25, 0.3) is 0 Å². The third kappa shape index (κ3) is 7.68. The van der Waals surface area contributed by atoms with E-state index in [0.29, 0.717) is 6.42 Å². The average Bonchev–Trinajstić information content (AvgIpc) is 2.21. The van der Waals surface area contributed by atoms with Crippen molar-refractivity contribution in [1.82, 2.24) is 0 Å². The van der Waals surface area contributed by atoms with Gasteiger partial charge in [-0.2, -0.15) is 0 Å². The topological polar surface area (TPSA) is 20.2 Å². The molecule has 78 valence electrons. The van der Waals surface area contributed by atoms with Crippen LogP contribution in [0.25, 0.3) is 0 Å². The Morgan fingerprint density at radius 3 is 2.71 bits per heavy atom. The number of allylic oxidation sites excluding steroid dienone is 1. The van der Waals surface area contributed by atoms with Gasteiger partial charge < -0.3 is 5.11 Å². The summed E-state index contributed by atoms with van der Waals surface area (Å²) < 4.78 is 0. The summed E-state index contributed by atoms with van der Waals surface area (Å²) in [6.45, 7) is 4.40. The molecule has 1 heteroatoms. The monoisotopic (exact) mass is 192 g/mol. The quantitative estimate of drug-likeness (QED) is 0.524. The summed E-state index contributed by atoms with van der Waals surface area (Å²) in [7, 11) is 0. The van der Waals surface area contributed by atoms with Gasteiger partial charge in [-0.1, -0.05) is 32.1 Å². The Hall–Kier alpha value is -0.960. The van der Waals surface area contributed by atoms with Crippen LogP contribution in [0.5, 0.6) is 0 Å². The number of hydrogen-bond acceptors (Lipinski definition) is 1. The largest absolute Gasteiger partial charge is 0.395 e. The first-order valence-electron chi connectivity index (χ1n) is 5.38. The average molecular weight is 192 g/mol. The number of aliphatic hydroxyl groups is 1. The molecule has 0 spiro atoms. The molecule has 0 atom stereocenters. The summed E-state index contributed by atoms with van der Waals surface area (Å²) in [4.78, 5) is 0. The molecule has 0 heterocycles. The Balaban J connectivity index is 4.27. The molecule has 0 aliphatic heterocycles. The van der Waals surface area contributed by atoms with Crippen LogP contribution in [-0.2, 0) is 0 Å². The highest BCUT2D eigenvalue weighted by molar-refractivity contribution is 5.27. The lowest BCUT2D eigenvalue weighted by Crippen LogP contribution is -1.80. The van der Waals surface area contributed by atoms with Gasteiger partial charge in [0.05, 0.1) is 6.61 Å². The predicted molar refractivity (Wildman–Crippen MR) is 60.9 cm³/mol. The standard InChI is InChI=1S/C13H20O/c1-3-5-9-13(10-6-4-2)11-7-8-12-14/h5,14H,3-4,6,8,10,12H2,1-2H3. The zero-order chi connectivity index (χ0) is 10.6. The second kappa shape index (κ2) is 10.1. The lowest BCUT2D eigenvalue weighted by molar-refractivity contribution is 0.305. The van der Waals surface area contributed by atoms with Crippen LogP contribution >= 0.6 is 0 Å². The molecule has 0 radical (unpaired) electrons. The van der Waals surface area contributed by atoms with Crippen molar-refractivity contribution in [2.45, 2.75) is 46.0 Å². The Labute approximate surface area is 87.5 Å². The Kier molecular flexibility index (Phi) is 9.43. The lowest BCUT2D eigenvalue weighted by Gasteiger charge is -1.93. The van der Waals surface area contributed by atoms with Gasteiger partial charge in [-0.05, 0) is 25.3 Å². The molecular weight excluding hydrogens is 172 g/mol. The molecule has 0 aromatic rings. The van der Waals surface area contributed by atoms with Crippen LogP contribution in [0.15, 0.2) is 17.4 Å². The fourth-order valence-electron chi connectivity index (χ4n) is 0.975. The number of aliphatic hydroxyl groups excluding tert-OH is 1. The second-order valence-electron chi connectivity index (χ2n) is 3.11. The SMILES string of the molecule is CCC=C=C(C#CCCO)CCCC.